The maximum absolute atomic E-state index is 12.5. The molecule has 1 heterocycles. The van der Waals surface area contributed by atoms with Crippen LogP contribution >= 0.6 is 27.3 Å². The summed E-state index contributed by atoms with van der Waals surface area (Å²) in [5.41, 5.74) is 1.99. The van der Waals surface area contributed by atoms with E-state index in [4.69, 9.17) is 0 Å². The zero-order valence-corrected chi connectivity index (χ0v) is 16.3. The lowest BCUT2D eigenvalue weighted by atomic mass is 10.1. The van der Waals surface area contributed by atoms with Crippen molar-refractivity contribution < 1.29 is 8.42 Å². The Hall–Kier alpha value is -1.70. The van der Waals surface area contributed by atoms with Crippen molar-refractivity contribution in [1.82, 2.24) is 4.57 Å². The molecule has 4 nitrogen and oxygen atoms in total. The highest BCUT2D eigenvalue weighted by Crippen LogP contribution is 2.26. The molecule has 3 aromatic rings. The third kappa shape index (κ3) is 3.38. The summed E-state index contributed by atoms with van der Waals surface area (Å²) in [4.78, 5) is 1.66. The van der Waals surface area contributed by atoms with Crippen molar-refractivity contribution in [3.8, 4) is 11.3 Å². The van der Waals surface area contributed by atoms with Crippen molar-refractivity contribution in [3.05, 3.63) is 68.7 Å². The molecule has 0 spiro atoms. The first-order valence-electron chi connectivity index (χ1n) is 7.17. The van der Waals surface area contributed by atoms with E-state index in [1.54, 1.807) is 30.3 Å². The first kappa shape index (κ1) is 17.1. The van der Waals surface area contributed by atoms with Crippen LogP contribution in [0, 0.1) is 6.92 Å². The number of halogens is 1. The summed E-state index contributed by atoms with van der Waals surface area (Å²) >= 11 is 4.79. The molecular weight excluding hydrogens is 408 g/mol. The van der Waals surface area contributed by atoms with Gasteiger partial charge in [-0.25, -0.2) is 0 Å². The normalized spacial score (nSPS) is 12.5. The van der Waals surface area contributed by atoms with Gasteiger partial charge in [0.2, 0.25) is 4.80 Å². The summed E-state index contributed by atoms with van der Waals surface area (Å²) in [6.07, 6.45) is 0. The Balaban J connectivity index is 2.14. The number of nitrogens with zero attached hydrogens (tertiary/aromatic N) is 2. The van der Waals surface area contributed by atoms with E-state index in [0.717, 1.165) is 20.6 Å². The van der Waals surface area contributed by atoms with E-state index in [0.29, 0.717) is 4.80 Å². The molecule has 7 heteroatoms. The molecule has 0 fully saturated rings. The molecule has 0 aliphatic rings. The molecule has 1 aromatic heterocycles. The van der Waals surface area contributed by atoms with Gasteiger partial charge in [0, 0.05) is 16.4 Å². The van der Waals surface area contributed by atoms with Gasteiger partial charge in [0.05, 0.1) is 10.6 Å². The van der Waals surface area contributed by atoms with Crippen LogP contribution in [-0.2, 0) is 17.1 Å². The van der Waals surface area contributed by atoms with Crippen molar-refractivity contribution >= 4 is 37.3 Å². The lowest BCUT2D eigenvalue weighted by Crippen LogP contribution is -2.14. The Bertz CT molecular complexity index is 1030. The highest BCUT2D eigenvalue weighted by molar-refractivity contribution is 9.10. The average Bonchev–Trinajstić information content (AvgIpc) is 2.83. The molecule has 0 bridgehead atoms. The van der Waals surface area contributed by atoms with Crippen LogP contribution in [0.5, 0.6) is 0 Å². The number of thiazole rings is 1. The number of hydrogen-bond donors (Lipinski definition) is 0. The lowest BCUT2D eigenvalue weighted by Gasteiger charge is -2.05. The second-order valence-corrected chi connectivity index (χ2v) is 8.94. The monoisotopic (exact) mass is 422 g/mol. The van der Waals surface area contributed by atoms with E-state index in [9.17, 15) is 8.42 Å². The summed E-state index contributed by atoms with van der Waals surface area (Å²) in [6.45, 7) is 1.97. The fraction of sp³-hybridized carbons (Fsp3) is 0.118. The van der Waals surface area contributed by atoms with Gasteiger partial charge in [0.1, 0.15) is 0 Å². The number of aryl methyl sites for hydroxylation is 1. The number of benzene rings is 2. The smallest absolute Gasteiger partial charge is 0.285 e. The van der Waals surface area contributed by atoms with Crippen LogP contribution < -0.4 is 4.80 Å². The zero-order chi connectivity index (χ0) is 17.3. The highest BCUT2D eigenvalue weighted by Gasteiger charge is 2.15. The fourth-order valence-electron chi connectivity index (χ4n) is 2.42. The molecule has 0 aliphatic heterocycles. The Morgan fingerprint density at radius 2 is 1.67 bits per heavy atom. The Labute approximate surface area is 153 Å². The maximum Gasteiger partial charge on any atom is 0.285 e. The topological polar surface area (TPSA) is 51.4 Å². The standard InChI is InChI=1S/C17H15BrN2O2S2/c1-12-16(13-8-10-14(18)11-9-13)20(2)17(23-12)19-24(21,22)15-6-4-3-5-7-15/h3-11H,1-2H3. The van der Waals surface area contributed by atoms with Gasteiger partial charge in [-0.15, -0.1) is 15.7 Å². The molecule has 0 atom stereocenters. The number of rotatable bonds is 3. The molecule has 0 amide bonds. The number of sulfonamides is 1. The average molecular weight is 423 g/mol. The molecule has 3 rings (SSSR count). The van der Waals surface area contributed by atoms with Gasteiger partial charge in [-0.1, -0.05) is 46.3 Å². The van der Waals surface area contributed by atoms with E-state index < -0.39 is 10.0 Å². The quantitative estimate of drug-likeness (QED) is 0.637. The van der Waals surface area contributed by atoms with E-state index in [-0.39, 0.29) is 4.90 Å². The van der Waals surface area contributed by atoms with Gasteiger partial charge in [-0.2, -0.15) is 8.42 Å². The Morgan fingerprint density at radius 1 is 1.04 bits per heavy atom. The predicted molar refractivity (Wildman–Crippen MR) is 100 cm³/mol. The van der Waals surface area contributed by atoms with Crippen LogP contribution in [0.1, 0.15) is 4.88 Å². The van der Waals surface area contributed by atoms with Gasteiger partial charge < -0.3 is 4.57 Å². The summed E-state index contributed by atoms with van der Waals surface area (Å²) < 4.78 is 31.8. The molecule has 0 unspecified atom stereocenters. The number of hydrogen-bond acceptors (Lipinski definition) is 3. The minimum absolute atomic E-state index is 0.196. The van der Waals surface area contributed by atoms with Crippen molar-refractivity contribution in [2.45, 2.75) is 11.8 Å². The molecule has 0 radical (unpaired) electrons. The van der Waals surface area contributed by atoms with Gasteiger partial charge in [0.25, 0.3) is 10.0 Å². The van der Waals surface area contributed by atoms with Crippen LogP contribution in [0.4, 0.5) is 0 Å². The third-order valence-electron chi connectivity index (χ3n) is 3.56. The second-order valence-electron chi connectivity index (χ2n) is 5.23. The molecule has 0 saturated carbocycles. The highest BCUT2D eigenvalue weighted by atomic mass is 79.9. The molecule has 2 aromatic carbocycles. The Kier molecular flexibility index (Phi) is 4.76. The minimum atomic E-state index is -3.72. The fourth-order valence-corrected chi connectivity index (χ4v) is 4.91. The van der Waals surface area contributed by atoms with Crippen molar-refractivity contribution in [3.63, 3.8) is 0 Å². The maximum atomic E-state index is 12.5. The van der Waals surface area contributed by atoms with E-state index in [2.05, 4.69) is 20.3 Å². The first-order valence-corrected chi connectivity index (χ1v) is 10.2. The lowest BCUT2D eigenvalue weighted by molar-refractivity contribution is 0.596. The minimum Gasteiger partial charge on any atom is -0.319 e. The molecule has 24 heavy (non-hydrogen) atoms. The summed E-state index contributed by atoms with van der Waals surface area (Å²) in [6, 6.07) is 16.2. The van der Waals surface area contributed by atoms with Crippen molar-refractivity contribution in [1.29, 1.82) is 0 Å². The van der Waals surface area contributed by atoms with E-state index >= 15 is 0 Å². The second kappa shape index (κ2) is 6.66. The predicted octanol–water partition coefficient (Wildman–Crippen LogP) is 4.11. The van der Waals surface area contributed by atoms with E-state index in [1.165, 1.54) is 11.3 Å². The molecular formula is C17H15BrN2O2S2. The van der Waals surface area contributed by atoms with Gasteiger partial charge in [0.15, 0.2) is 0 Å². The van der Waals surface area contributed by atoms with Crippen LogP contribution in [-0.4, -0.2) is 13.0 Å². The zero-order valence-electron chi connectivity index (χ0n) is 13.1. The van der Waals surface area contributed by atoms with Crippen LogP contribution in [0.15, 0.2) is 68.4 Å². The van der Waals surface area contributed by atoms with Crippen LogP contribution in [0.25, 0.3) is 11.3 Å². The molecule has 0 N–H and O–H groups in total. The van der Waals surface area contributed by atoms with Crippen LogP contribution in [0.3, 0.4) is 0 Å². The van der Waals surface area contributed by atoms with Crippen LogP contribution in [0.2, 0.25) is 0 Å². The van der Waals surface area contributed by atoms with Gasteiger partial charge >= 0.3 is 0 Å². The van der Waals surface area contributed by atoms with Crippen molar-refractivity contribution in [2.24, 2.45) is 11.4 Å². The summed E-state index contributed by atoms with van der Waals surface area (Å²) in [7, 11) is -1.89. The van der Waals surface area contributed by atoms with E-state index in [1.807, 2.05) is 42.8 Å². The molecule has 0 saturated heterocycles. The summed E-state index contributed by atoms with van der Waals surface area (Å²) in [5, 5.41) is 0. The van der Waals surface area contributed by atoms with Gasteiger partial charge in [-0.3, -0.25) is 0 Å². The third-order valence-corrected chi connectivity index (χ3v) is 6.53. The largest absolute Gasteiger partial charge is 0.319 e. The molecule has 124 valence electrons. The molecule has 0 aliphatic carbocycles. The Morgan fingerprint density at radius 3 is 2.29 bits per heavy atom. The first-order chi connectivity index (χ1) is 11.4. The van der Waals surface area contributed by atoms with Gasteiger partial charge in [-0.05, 0) is 36.8 Å². The SMILES string of the molecule is Cc1sc(=NS(=O)(=O)c2ccccc2)n(C)c1-c1ccc(Br)cc1. The summed E-state index contributed by atoms with van der Waals surface area (Å²) in [5.74, 6) is 0. The number of aromatic nitrogens is 1. The van der Waals surface area contributed by atoms with Crippen molar-refractivity contribution in [2.75, 3.05) is 0 Å².